The van der Waals surface area contributed by atoms with Gasteiger partial charge in [0, 0.05) is 18.7 Å². The number of hydrogen-bond acceptors (Lipinski definition) is 5. The summed E-state index contributed by atoms with van der Waals surface area (Å²) in [5, 5.41) is 2.75. The third-order valence-electron chi connectivity index (χ3n) is 4.64. The minimum atomic E-state index is -3.33. The Bertz CT molecular complexity index is 1010. The number of nitrogens with one attached hydrogen (secondary N) is 1. The molecule has 0 bridgehead atoms. The molecule has 30 heavy (non-hydrogen) atoms. The van der Waals surface area contributed by atoms with Crippen molar-refractivity contribution < 1.29 is 31.5 Å². The van der Waals surface area contributed by atoms with E-state index in [0.717, 1.165) is 0 Å². The van der Waals surface area contributed by atoms with Crippen LogP contribution in [-0.4, -0.2) is 46.9 Å². The maximum Gasteiger partial charge on any atom is 0.387 e. The van der Waals surface area contributed by atoms with Crippen molar-refractivity contribution in [3.05, 3.63) is 53.6 Å². The Balaban J connectivity index is 1.62. The summed E-state index contributed by atoms with van der Waals surface area (Å²) in [4.78, 5) is 12.5. The van der Waals surface area contributed by atoms with Crippen LogP contribution in [0.2, 0.25) is 0 Å². The van der Waals surface area contributed by atoms with E-state index >= 15 is 0 Å². The predicted molar refractivity (Wildman–Crippen MR) is 108 cm³/mol. The first-order valence-corrected chi connectivity index (χ1v) is 10.9. The van der Waals surface area contributed by atoms with Crippen molar-refractivity contribution in [2.75, 3.05) is 30.3 Å². The fraction of sp³-hybridized carbons (Fsp3) is 0.350. The number of halogens is 2. The fourth-order valence-electron chi connectivity index (χ4n) is 3.22. The lowest BCUT2D eigenvalue weighted by Gasteiger charge is -2.17. The molecule has 1 amide bonds. The zero-order chi connectivity index (χ0) is 21.7. The molecule has 0 aliphatic carbocycles. The number of anilines is 1. The molecule has 1 aliphatic rings. The quantitative estimate of drug-likeness (QED) is 0.682. The van der Waals surface area contributed by atoms with Gasteiger partial charge in [-0.25, -0.2) is 8.42 Å². The summed E-state index contributed by atoms with van der Waals surface area (Å²) in [5.74, 6) is -0.138. The molecule has 1 saturated heterocycles. The molecule has 162 valence electrons. The molecule has 0 spiro atoms. The largest absolute Gasteiger partial charge is 0.493 e. The smallest absolute Gasteiger partial charge is 0.387 e. The average Bonchev–Trinajstić information content (AvgIpc) is 3.07. The van der Waals surface area contributed by atoms with Gasteiger partial charge in [-0.15, -0.1) is 0 Å². The summed E-state index contributed by atoms with van der Waals surface area (Å²) in [5.41, 5.74) is 1.49. The van der Waals surface area contributed by atoms with Gasteiger partial charge in [0.2, 0.25) is 10.0 Å². The maximum atomic E-state index is 12.5. The molecule has 0 aromatic heterocycles. The maximum absolute atomic E-state index is 12.5. The second-order valence-electron chi connectivity index (χ2n) is 6.66. The highest BCUT2D eigenvalue weighted by molar-refractivity contribution is 7.93. The molecule has 1 fully saturated rings. The predicted octanol–water partition coefficient (Wildman–Crippen LogP) is 2.81. The van der Waals surface area contributed by atoms with E-state index in [1.165, 1.54) is 23.5 Å². The van der Waals surface area contributed by atoms with E-state index in [9.17, 15) is 22.0 Å². The summed E-state index contributed by atoms with van der Waals surface area (Å²) in [6.45, 7) is -2.32. The summed E-state index contributed by atoms with van der Waals surface area (Å²) in [7, 11) is -1.97. The van der Waals surface area contributed by atoms with E-state index in [1.807, 2.05) is 0 Å². The van der Waals surface area contributed by atoms with Crippen molar-refractivity contribution >= 4 is 21.6 Å². The number of carbonyl (C=O) groups excluding carboxylic acids is 1. The minimum Gasteiger partial charge on any atom is -0.493 e. The third-order valence-corrected chi connectivity index (χ3v) is 6.51. The minimum absolute atomic E-state index is 0.0733. The fourth-order valence-corrected chi connectivity index (χ4v) is 4.78. The second-order valence-corrected chi connectivity index (χ2v) is 8.67. The molecule has 1 heterocycles. The molecular formula is C20H22F2N2O5S. The molecule has 2 aromatic carbocycles. The Morgan fingerprint density at radius 1 is 1.20 bits per heavy atom. The molecule has 1 N–H and O–H groups in total. The summed E-state index contributed by atoms with van der Waals surface area (Å²) in [6.07, 6.45) is 0.938. The lowest BCUT2D eigenvalue weighted by atomic mass is 10.1. The van der Waals surface area contributed by atoms with E-state index in [2.05, 4.69) is 10.1 Å². The van der Waals surface area contributed by atoms with E-state index in [-0.39, 0.29) is 29.7 Å². The Morgan fingerprint density at radius 3 is 2.67 bits per heavy atom. The number of sulfonamides is 1. The Kier molecular flexibility index (Phi) is 6.76. The lowest BCUT2D eigenvalue weighted by Crippen LogP contribution is -2.27. The van der Waals surface area contributed by atoms with Crippen LogP contribution in [0.3, 0.4) is 0 Å². The van der Waals surface area contributed by atoms with Gasteiger partial charge in [0.05, 0.1) is 18.6 Å². The van der Waals surface area contributed by atoms with E-state index in [0.29, 0.717) is 36.2 Å². The van der Waals surface area contributed by atoms with Crippen LogP contribution in [0.5, 0.6) is 11.5 Å². The van der Waals surface area contributed by atoms with Crippen LogP contribution in [0.1, 0.15) is 22.3 Å². The van der Waals surface area contributed by atoms with Gasteiger partial charge in [0.15, 0.2) is 11.5 Å². The van der Waals surface area contributed by atoms with Crippen LogP contribution in [0, 0.1) is 0 Å². The Hall–Kier alpha value is -2.88. The SMILES string of the molecule is COc1ccc(CCNC(=O)c2cccc(N3CCCS3(=O)=O)c2)cc1OC(F)F. The highest BCUT2D eigenvalue weighted by Gasteiger charge is 2.28. The van der Waals surface area contributed by atoms with Crippen LogP contribution in [0.4, 0.5) is 14.5 Å². The number of alkyl halides is 2. The number of amides is 1. The molecule has 0 radical (unpaired) electrons. The van der Waals surface area contributed by atoms with Crippen LogP contribution >= 0.6 is 0 Å². The highest BCUT2D eigenvalue weighted by Crippen LogP contribution is 2.29. The summed E-state index contributed by atoms with van der Waals surface area (Å²) < 4.78 is 60.0. The van der Waals surface area contributed by atoms with Crippen molar-refractivity contribution in [3.63, 3.8) is 0 Å². The molecule has 0 saturated carbocycles. The monoisotopic (exact) mass is 440 g/mol. The van der Waals surface area contributed by atoms with E-state index < -0.39 is 16.6 Å². The van der Waals surface area contributed by atoms with Gasteiger partial charge in [-0.2, -0.15) is 8.78 Å². The van der Waals surface area contributed by atoms with Gasteiger partial charge in [0.25, 0.3) is 5.91 Å². The Labute approximate surface area is 173 Å². The third kappa shape index (κ3) is 5.18. The normalized spacial score (nSPS) is 15.3. The molecule has 0 atom stereocenters. The van der Waals surface area contributed by atoms with Crippen LogP contribution < -0.4 is 19.1 Å². The highest BCUT2D eigenvalue weighted by atomic mass is 32.2. The van der Waals surface area contributed by atoms with Crippen molar-refractivity contribution in [2.45, 2.75) is 19.5 Å². The van der Waals surface area contributed by atoms with Crippen molar-refractivity contribution in [2.24, 2.45) is 0 Å². The van der Waals surface area contributed by atoms with Crippen LogP contribution in [0.25, 0.3) is 0 Å². The zero-order valence-corrected chi connectivity index (χ0v) is 17.1. The van der Waals surface area contributed by atoms with E-state index in [1.54, 1.807) is 30.3 Å². The van der Waals surface area contributed by atoms with Crippen molar-refractivity contribution in [3.8, 4) is 11.5 Å². The second kappa shape index (κ2) is 9.29. The zero-order valence-electron chi connectivity index (χ0n) is 16.3. The van der Waals surface area contributed by atoms with Crippen LogP contribution in [-0.2, 0) is 16.4 Å². The number of rotatable bonds is 8. The van der Waals surface area contributed by atoms with Gasteiger partial charge in [0.1, 0.15) is 0 Å². The van der Waals surface area contributed by atoms with Gasteiger partial charge in [-0.1, -0.05) is 12.1 Å². The first-order valence-electron chi connectivity index (χ1n) is 9.30. The van der Waals surface area contributed by atoms with Gasteiger partial charge < -0.3 is 14.8 Å². The first kappa shape index (κ1) is 21.8. The topological polar surface area (TPSA) is 84.9 Å². The number of carbonyl (C=O) groups is 1. The average molecular weight is 440 g/mol. The molecule has 10 heteroatoms. The first-order chi connectivity index (χ1) is 14.3. The number of benzene rings is 2. The van der Waals surface area contributed by atoms with Gasteiger partial charge in [-0.3, -0.25) is 9.10 Å². The van der Waals surface area contributed by atoms with Crippen LogP contribution in [0.15, 0.2) is 42.5 Å². The number of nitrogens with zero attached hydrogens (tertiary/aromatic N) is 1. The van der Waals surface area contributed by atoms with E-state index in [4.69, 9.17) is 4.74 Å². The number of hydrogen-bond donors (Lipinski definition) is 1. The van der Waals surface area contributed by atoms with Crippen molar-refractivity contribution in [1.82, 2.24) is 5.32 Å². The lowest BCUT2D eigenvalue weighted by molar-refractivity contribution is -0.0512. The molecular weight excluding hydrogens is 418 g/mol. The van der Waals surface area contributed by atoms with Gasteiger partial charge >= 0.3 is 6.61 Å². The van der Waals surface area contributed by atoms with Gasteiger partial charge in [-0.05, 0) is 48.7 Å². The Morgan fingerprint density at radius 2 is 2.00 bits per heavy atom. The molecule has 3 rings (SSSR count). The summed E-state index contributed by atoms with van der Waals surface area (Å²) in [6, 6.07) is 11.1. The number of ether oxygens (including phenoxy) is 2. The summed E-state index contributed by atoms with van der Waals surface area (Å²) >= 11 is 0. The number of methoxy groups -OCH3 is 1. The molecule has 1 aliphatic heterocycles. The standard InChI is InChI=1S/C20H22F2N2O5S/c1-28-17-7-6-14(12-18(17)29-20(21)22)8-9-23-19(25)15-4-2-5-16(13-15)24-10-3-11-30(24,26)27/h2,4-7,12-13,20H,3,8-11H2,1H3,(H,23,25). The van der Waals surface area contributed by atoms with Crippen molar-refractivity contribution in [1.29, 1.82) is 0 Å². The molecule has 2 aromatic rings. The molecule has 7 nitrogen and oxygen atoms in total. The molecule has 0 unspecified atom stereocenters.